The highest BCUT2D eigenvalue weighted by Gasteiger charge is 2.20. The van der Waals surface area contributed by atoms with Gasteiger partial charge in [-0.1, -0.05) is 0 Å². The summed E-state index contributed by atoms with van der Waals surface area (Å²) in [7, 11) is 0. The first-order chi connectivity index (χ1) is 7.49. The van der Waals surface area contributed by atoms with Gasteiger partial charge >= 0.3 is 0 Å². The largest absolute Gasteiger partial charge is 0.365 e. The molecule has 0 atom stereocenters. The van der Waals surface area contributed by atoms with Crippen LogP contribution in [0, 0.1) is 23.0 Å². The Kier molecular flexibility index (Phi) is 3.96. The highest BCUT2D eigenvalue weighted by atomic mass is 79.9. The molecule has 0 bridgehead atoms. The van der Waals surface area contributed by atoms with Crippen LogP contribution in [0.25, 0.3) is 0 Å². The Morgan fingerprint density at radius 3 is 2.69 bits per heavy atom. The molecule has 0 aliphatic heterocycles. The lowest BCUT2D eigenvalue weighted by Gasteiger charge is -2.08. The molecule has 0 fully saturated rings. The first-order valence-corrected chi connectivity index (χ1v) is 5.11. The minimum atomic E-state index is -1.00. The number of hydrogen-bond acceptors (Lipinski definition) is 2. The van der Waals surface area contributed by atoms with Gasteiger partial charge in [-0.25, -0.2) is 8.78 Å². The van der Waals surface area contributed by atoms with Gasteiger partial charge in [0.05, 0.1) is 11.6 Å². The van der Waals surface area contributed by atoms with Gasteiger partial charge in [0.15, 0.2) is 0 Å². The molecule has 1 aromatic carbocycles. The molecule has 16 heavy (non-hydrogen) atoms. The summed E-state index contributed by atoms with van der Waals surface area (Å²) in [5, 5.41) is 8.35. The van der Waals surface area contributed by atoms with E-state index in [1.165, 1.54) is 0 Å². The number of carbonyl (C=O) groups is 1. The van der Waals surface area contributed by atoms with Crippen molar-refractivity contribution in [1.29, 1.82) is 5.26 Å². The Bertz CT molecular complexity index is 483. The second-order valence-electron chi connectivity index (χ2n) is 3.03. The fraction of sp³-hybridized carbons (Fsp3) is 0.200. The fourth-order valence-corrected chi connectivity index (χ4v) is 1.84. The summed E-state index contributed by atoms with van der Waals surface area (Å²) < 4.78 is 27.0. The smallest absolute Gasteiger partial charge is 0.252 e. The van der Waals surface area contributed by atoms with Crippen LogP contribution >= 0.6 is 15.9 Å². The van der Waals surface area contributed by atoms with Crippen molar-refractivity contribution in [1.82, 2.24) is 0 Å². The molecule has 2 N–H and O–H groups in total. The van der Waals surface area contributed by atoms with Crippen molar-refractivity contribution in [2.75, 3.05) is 0 Å². The number of halogens is 3. The van der Waals surface area contributed by atoms with E-state index >= 15 is 0 Å². The number of nitrogens with two attached hydrogens (primary N) is 1. The van der Waals surface area contributed by atoms with Crippen molar-refractivity contribution in [2.45, 2.75) is 12.8 Å². The first-order valence-electron chi connectivity index (χ1n) is 4.32. The Morgan fingerprint density at radius 2 is 2.19 bits per heavy atom. The SMILES string of the molecule is N#CCCc1c(F)cc(Br)c(C(N)=O)c1F. The summed E-state index contributed by atoms with van der Waals surface area (Å²) in [6.07, 6.45) is -0.130. The second-order valence-corrected chi connectivity index (χ2v) is 3.88. The molecule has 0 aliphatic rings. The number of nitriles is 1. The maximum absolute atomic E-state index is 13.7. The Labute approximate surface area is 99.0 Å². The molecule has 0 aliphatic carbocycles. The Hall–Kier alpha value is -1.48. The lowest BCUT2D eigenvalue weighted by Crippen LogP contribution is -2.16. The van der Waals surface area contributed by atoms with Gasteiger partial charge in [-0.05, 0) is 28.4 Å². The number of primary amides is 1. The third-order valence-electron chi connectivity index (χ3n) is 2.00. The first kappa shape index (κ1) is 12.6. The Morgan fingerprint density at radius 1 is 1.56 bits per heavy atom. The molecule has 6 heteroatoms. The van der Waals surface area contributed by atoms with Crippen molar-refractivity contribution in [3.05, 3.63) is 33.3 Å². The van der Waals surface area contributed by atoms with Gasteiger partial charge in [0.25, 0.3) is 5.91 Å². The van der Waals surface area contributed by atoms with E-state index in [0.29, 0.717) is 0 Å². The van der Waals surface area contributed by atoms with Gasteiger partial charge in [0, 0.05) is 16.5 Å². The number of hydrogen-bond donors (Lipinski definition) is 1. The third kappa shape index (κ3) is 2.36. The lowest BCUT2D eigenvalue weighted by molar-refractivity contribution is 0.0995. The number of rotatable bonds is 3. The van der Waals surface area contributed by atoms with E-state index in [0.717, 1.165) is 6.07 Å². The van der Waals surface area contributed by atoms with Crippen LogP contribution in [0.2, 0.25) is 0 Å². The van der Waals surface area contributed by atoms with Crippen LogP contribution in [-0.2, 0) is 6.42 Å². The number of amides is 1. The number of nitrogens with zero attached hydrogens (tertiary/aromatic N) is 1. The number of benzene rings is 1. The van der Waals surface area contributed by atoms with Crippen LogP contribution in [0.1, 0.15) is 22.3 Å². The summed E-state index contributed by atoms with van der Waals surface area (Å²) in [4.78, 5) is 10.9. The van der Waals surface area contributed by atoms with Crippen LogP contribution in [0.4, 0.5) is 8.78 Å². The summed E-state index contributed by atoms with van der Waals surface area (Å²) >= 11 is 2.86. The molecule has 84 valence electrons. The second kappa shape index (κ2) is 5.03. The molecule has 0 heterocycles. The highest BCUT2D eigenvalue weighted by molar-refractivity contribution is 9.10. The van der Waals surface area contributed by atoms with E-state index in [9.17, 15) is 13.6 Å². The topological polar surface area (TPSA) is 66.9 Å². The third-order valence-corrected chi connectivity index (χ3v) is 2.62. The molecule has 0 saturated carbocycles. The van der Waals surface area contributed by atoms with Gasteiger partial charge in [-0.3, -0.25) is 4.79 Å². The van der Waals surface area contributed by atoms with Crippen LogP contribution < -0.4 is 5.73 Å². The van der Waals surface area contributed by atoms with Gasteiger partial charge in [0.1, 0.15) is 11.6 Å². The normalized spacial score (nSPS) is 9.88. The predicted molar refractivity (Wildman–Crippen MR) is 56.5 cm³/mol. The van der Waals surface area contributed by atoms with Crippen LogP contribution in [0.3, 0.4) is 0 Å². The maximum atomic E-state index is 13.7. The average molecular weight is 289 g/mol. The van der Waals surface area contributed by atoms with Crippen LogP contribution in [0.5, 0.6) is 0 Å². The maximum Gasteiger partial charge on any atom is 0.252 e. The van der Waals surface area contributed by atoms with E-state index in [1.807, 2.05) is 0 Å². The molecule has 0 aromatic heterocycles. The van der Waals surface area contributed by atoms with Crippen molar-refractivity contribution in [3.8, 4) is 6.07 Å². The van der Waals surface area contributed by atoms with Crippen molar-refractivity contribution in [2.24, 2.45) is 5.73 Å². The zero-order valence-electron chi connectivity index (χ0n) is 8.06. The molecular formula is C10H7BrF2N2O. The van der Waals surface area contributed by atoms with E-state index in [1.54, 1.807) is 6.07 Å². The van der Waals surface area contributed by atoms with E-state index in [2.05, 4.69) is 15.9 Å². The summed E-state index contributed by atoms with van der Waals surface area (Å²) in [5.41, 5.74) is 4.28. The Balaban J connectivity index is 3.34. The van der Waals surface area contributed by atoms with Gasteiger partial charge in [-0.15, -0.1) is 0 Å². The van der Waals surface area contributed by atoms with Crippen molar-refractivity contribution in [3.63, 3.8) is 0 Å². The molecule has 0 spiro atoms. The minimum Gasteiger partial charge on any atom is -0.365 e. The predicted octanol–water partition coefficient (Wildman–Crippen LogP) is 2.28. The van der Waals surface area contributed by atoms with Gasteiger partial charge in [-0.2, -0.15) is 5.26 Å². The zero-order valence-corrected chi connectivity index (χ0v) is 9.64. The van der Waals surface area contributed by atoms with Crippen LogP contribution in [0.15, 0.2) is 10.5 Å². The molecule has 1 amide bonds. The van der Waals surface area contributed by atoms with Crippen molar-refractivity contribution < 1.29 is 13.6 Å². The molecule has 1 rings (SSSR count). The lowest BCUT2D eigenvalue weighted by atomic mass is 10.0. The quantitative estimate of drug-likeness (QED) is 0.927. The highest BCUT2D eigenvalue weighted by Crippen LogP contribution is 2.26. The van der Waals surface area contributed by atoms with Gasteiger partial charge in [0.2, 0.25) is 0 Å². The molecule has 0 unspecified atom stereocenters. The van der Waals surface area contributed by atoms with Crippen LogP contribution in [-0.4, -0.2) is 5.91 Å². The zero-order chi connectivity index (χ0) is 12.3. The molecular weight excluding hydrogens is 282 g/mol. The molecule has 3 nitrogen and oxygen atoms in total. The fourth-order valence-electron chi connectivity index (χ4n) is 1.27. The summed E-state index contributed by atoms with van der Waals surface area (Å²) in [6, 6.07) is 2.74. The van der Waals surface area contributed by atoms with E-state index in [-0.39, 0.29) is 22.9 Å². The van der Waals surface area contributed by atoms with Crippen molar-refractivity contribution >= 4 is 21.8 Å². The molecule has 0 radical (unpaired) electrons. The van der Waals surface area contributed by atoms with E-state index < -0.39 is 23.1 Å². The standard InChI is InChI=1S/C10H7BrF2N2O/c11-6-4-7(12)5(2-1-3-14)9(13)8(6)10(15)16/h4H,1-2H2,(H2,15,16). The molecule has 1 aromatic rings. The molecule has 0 saturated heterocycles. The van der Waals surface area contributed by atoms with E-state index in [4.69, 9.17) is 11.0 Å². The average Bonchev–Trinajstić information content (AvgIpc) is 2.16. The minimum absolute atomic E-state index is 0.0318. The van der Waals surface area contributed by atoms with Gasteiger partial charge < -0.3 is 5.73 Å². The monoisotopic (exact) mass is 288 g/mol. The number of carbonyl (C=O) groups excluding carboxylic acids is 1. The summed E-state index contributed by atoms with van der Waals surface area (Å²) in [5.74, 6) is -2.79. The summed E-state index contributed by atoms with van der Waals surface area (Å²) in [6.45, 7) is 0.